The molecule has 1 heterocycles. The van der Waals surface area contributed by atoms with Crippen LogP contribution in [0.25, 0.3) is 0 Å². The lowest BCUT2D eigenvalue weighted by Gasteiger charge is -2.09. The van der Waals surface area contributed by atoms with Crippen molar-refractivity contribution in [2.75, 3.05) is 0 Å². The maximum absolute atomic E-state index is 5.85. The Hall–Kier alpha value is -0.950. The highest BCUT2D eigenvalue weighted by Gasteiger charge is 2.13. The third kappa shape index (κ3) is 1.46. The fraction of sp³-hybridized carbons (Fsp3) is 0.200. The molecule has 1 aromatic carbocycles. The molecule has 0 bridgehead atoms. The van der Waals surface area contributed by atoms with E-state index in [1.165, 1.54) is 0 Å². The smallest absolute Gasteiger partial charge is 0.126 e. The van der Waals surface area contributed by atoms with E-state index in [-0.39, 0.29) is 6.10 Å². The average molecular weight is 181 g/mol. The zero-order valence-electron chi connectivity index (χ0n) is 6.53. The zero-order valence-corrected chi connectivity index (χ0v) is 7.29. The molecule has 2 heteroatoms. The number of hydrogen-bond donors (Lipinski definition) is 0. The summed E-state index contributed by atoms with van der Waals surface area (Å²) in [6.45, 7) is 0. The van der Waals surface area contributed by atoms with Crippen molar-refractivity contribution in [2.45, 2.75) is 12.5 Å². The Morgan fingerprint density at radius 3 is 3.00 bits per heavy atom. The Bertz CT molecular complexity index is 298. The monoisotopic (exact) mass is 180 g/mol. The summed E-state index contributed by atoms with van der Waals surface area (Å²) in [4.78, 5) is 0. The van der Waals surface area contributed by atoms with Gasteiger partial charge in [-0.05, 0) is 23.8 Å². The lowest BCUT2D eigenvalue weighted by molar-refractivity contribution is 0.173. The second kappa shape index (κ2) is 3.20. The van der Waals surface area contributed by atoms with E-state index in [2.05, 4.69) is 0 Å². The number of ether oxygens (including phenoxy) is 1. The molecule has 0 amide bonds. The lowest BCUT2D eigenvalue weighted by Crippen LogP contribution is -1.94. The second-order valence-electron chi connectivity index (χ2n) is 2.79. The highest BCUT2D eigenvalue weighted by Crippen LogP contribution is 2.27. The first-order chi connectivity index (χ1) is 5.86. The molecule has 1 atom stereocenters. The van der Waals surface area contributed by atoms with Crippen LogP contribution in [-0.4, -0.2) is 0 Å². The predicted octanol–water partition coefficient (Wildman–Crippen LogP) is 3.32. The third-order valence-electron chi connectivity index (χ3n) is 1.91. The van der Waals surface area contributed by atoms with Crippen LogP contribution in [0.1, 0.15) is 18.1 Å². The van der Waals surface area contributed by atoms with Gasteiger partial charge in [0.15, 0.2) is 0 Å². The Balaban J connectivity index is 2.22. The third-order valence-corrected chi connectivity index (χ3v) is 2.14. The van der Waals surface area contributed by atoms with Gasteiger partial charge < -0.3 is 4.74 Å². The molecule has 0 fully saturated rings. The van der Waals surface area contributed by atoms with Gasteiger partial charge in [-0.3, -0.25) is 0 Å². The predicted molar refractivity (Wildman–Crippen MR) is 49.0 cm³/mol. The quantitative estimate of drug-likeness (QED) is 0.644. The van der Waals surface area contributed by atoms with E-state index in [9.17, 15) is 0 Å². The van der Waals surface area contributed by atoms with Crippen molar-refractivity contribution < 1.29 is 4.74 Å². The van der Waals surface area contributed by atoms with Gasteiger partial charge in [-0.25, -0.2) is 0 Å². The van der Waals surface area contributed by atoms with Gasteiger partial charge in [0.25, 0.3) is 0 Å². The molecule has 1 aliphatic rings. The maximum Gasteiger partial charge on any atom is 0.126 e. The largest absolute Gasteiger partial charge is 0.493 e. The van der Waals surface area contributed by atoms with Crippen LogP contribution in [0.15, 0.2) is 36.6 Å². The summed E-state index contributed by atoms with van der Waals surface area (Å²) in [7, 11) is 0. The number of rotatable bonds is 1. The molecule has 0 N–H and O–H groups in total. The molecule has 62 valence electrons. The van der Waals surface area contributed by atoms with Crippen molar-refractivity contribution in [1.29, 1.82) is 0 Å². The number of hydrogen-bond acceptors (Lipinski definition) is 1. The van der Waals surface area contributed by atoms with E-state index in [4.69, 9.17) is 16.3 Å². The van der Waals surface area contributed by atoms with Crippen LogP contribution < -0.4 is 0 Å². The first-order valence-corrected chi connectivity index (χ1v) is 4.30. The van der Waals surface area contributed by atoms with Gasteiger partial charge >= 0.3 is 0 Å². The van der Waals surface area contributed by atoms with E-state index < -0.39 is 0 Å². The Morgan fingerprint density at radius 1 is 1.42 bits per heavy atom. The summed E-state index contributed by atoms with van der Waals surface area (Å²) in [5.74, 6) is 0. The highest BCUT2D eigenvalue weighted by atomic mass is 35.5. The van der Waals surface area contributed by atoms with Gasteiger partial charge in [0.1, 0.15) is 6.10 Å². The topological polar surface area (TPSA) is 9.23 Å². The van der Waals surface area contributed by atoms with Crippen molar-refractivity contribution in [3.63, 3.8) is 0 Å². The second-order valence-corrected chi connectivity index (χ2v) is 3.22. The van der Waals surface area contributed by atoms with Crippen molar-refractivity contribution in [3.05, 3.63) is 47.2 Å². The van der Waals surface area contributed by atoms with Gasteiger partial charge in [0, 0.05) is 11.4 Å². The molecule has 2 rings (SSSR count). The van der Waals surface area contributed by atoms with Crippen molar-refractivity contribution in [2.24, 2.45) is 0 Å². The molecule has 0 saturated heterocycles. The zero-order chi connectivity index (χ0) is 8.39. The highest BCUT2D eigenvalue weighted by molar-refractivity contribution is 6.30. The van der Waals surface area contributed by atoms with E-state index in [0.717, 1.165) is 17.0 Å². The average Bonchev–Trinajstić information content (AvgIpc) is 2.56. The van der Waals surface area contributed by atoms with Crippen molar-refractivity contribution in [3.8, 4) is 0 Å². The SMILES string of the molecule is Clc1cccc([C@@H]2CC=CO2)c1. The minimum atomic E-state index is 0.170. The van der Waals surface area contributed by atoms with Crippen LogP contribution in [0.3, 0.4) is 0 Å². The number of halogens is 1. The summed E-state index contributed by atoms with van der Waals surface area (Å²) in [6, 6.07) is 7.79. The molecule has 12 heavy (non-hydrogen) atoms. The van der Waals surface area contributed by atoms with Gasteiger partial charge in [-0.15, -0.1) is 0 Å². The molecule has 0 spiro atoms. The van der Waals surface area contributed by atoms with Crippen LogP contribution >= 0.6 is 11.6 Å². The molecular weight excluding hydrogens is 172 g/mol. The molecule has 1 aliphatic heterocycles. The summed E-state index contributed by atoms with van der Waals surface area (Å²) >= 11 is 5.85. The van der Waals surface area contributed by atoms with Crippen LogP contribution in [0.2, 0.25) is 5.02 Å². The first kappa shape index (κ1) is 7.69. The fourth-order valence-electron chi connectivity index (χ4n) is 1.31. The minimum absolute atomic E-state index is 0.170. The van der Waals surface area contributed by atoms with Crippen LogP contribution in [0.4, 0.5) is 0 Å². The molecule has 0 radical (unpaired) electrons. The van der Waals surface area contributed by atoms with Crippen molar-refractivity contribution >= 4 is 11.6 Å². The lowest BCUT2D eigenvalue weighted by atomic mass is 10.1. The maximum atomic E-state index is 5.85. The summed E-state index contributed by atoms with van der Waals surface area (Å²) < 4.78 is 5.35. The molecule has 0 saturated carbocycles. The van der Waals surface area contributed by atoms with Gasteiger partial charge in [0.05, 0.1) is 6.26 Å². The molecule has 0 unspecified atom stereocenters. The summed E-state index contributed by atoms with van der Waals surface area (Å²) in [6.07, 6.45) is 4.88. The van der Waals surface area contributed by atoms with Gasteiger partial charge in [0.2, 0.25) is 0 Å². The summed E-state index contributed by atoms with van der Waals surface area (Å²) in [5.41, 5.74) is 1.15. The molecular formula is C10H9ClO. The van der Waals surface area contributed by atoms with Crippen LogP contribution in [0, 0.1) is 0 Å². The molecule has 1 aromatic rings. The Morgan fingerprint density at radius 2 is 2.33 bits per heavy atom. The molecule has 0 aromatic heterocycles. The van der Waals surface area contributed by atoms with Crippen molar-refractivity contribution in [1.82, 2.24) is 0 Å². The van der Waals surface area contributed by atoms with Crippen LogP contribution in [0.5, 0.6) is 0 Å². The normalized spacial score (nSPS) is 20.9. The Kier molecular flexibility index (Phi) is 2.05. The Labute approximate surface area is 76.6 Å². The first-order valence-electron chi connectivity index (χ1n) is 3.92. The van der Waals surface area contributed by atoms with Gasteiger partial charge in [-0.1, -0.05) is 23.7 Å². The minimum Gasteiger partial charge on any atom is -0.493 e. The van der Waals surface area contributed by atoms with E-state index >= 15 is 0 Å². The summed E-state index contributed by atoms with van der Waals surface area (Å²) in [5, 5.41) is 0.767. The van der Waals surface area contributed by atoms with E-state index in [1.54, 1.807) is 6.26 Å². The van der Waals surface area contributed by atoms with Crippen LogP contribution in [-0.2, 0) is 4.74 Å². The van der Waals surface area contributed by atoms with Gasteiger partial charge in [-0.2, -0.15) is 0 Å². The van der Waals surface area contributed by atoms with E-state index in [0.29, 0.717) is 0 Å². The number of benzene rings is 1. The standard InChI is InChI=1S/C10H9ClO/c11-9-4-1-3-8(7-9)10-5-2-6-12-10/h1-4,6-7,10H,5H2/t10-/m0/s1. The fourth-order valence-corrected chi connectivity index (χ4v) is 1.51. The molecule has 0 aliphatic carbocycles. The molecule has 1 nitrogen and oxygen atoms in total. The van der Waals surface area contributed by atoms with E-state index in [1.807, 2.05) is 30.3 Å².